The zero-order valence-corrected chi connectivity index (χ0v) is 12.8. The van der Waals surface area contributed by atoms with Crippen LogP contribution in [0, 0.1) is 0 Å². The van der Waals surface area contributed by atoms with Crippen LogP contribution in [0.15, 0.2) is 48.7 Å². The van der Waals surface area contributed by atoms with E-state index in [1.54, 1.807) is 24.0 Å². The summed E-state index contributed by atoms with van der Waals surface area (Å²) < 4.78 is 1.63. The standard InChI is InChI=1S/C16H18N6O/c1-22-11-8-15(21-22)20-16(23)18-10-9-17-14-7-6-12-4-2-3-5-13(12)19-14/h2-8,11H,9-10H2,1H3,(H,17,19)(H2,18,20,21,23). The molecule has 0 radical (unpaired) electrons. The first kappa shape index (κ1) is 14.8. The fourth-order valence-corrected chi connectivity index (χ4v) is 2.17. The van der Waals surface area contributed by atoms with Gasteiger partial charge in [0.2, 0.25) is 0 Å². The molecule has 0 saturated heterocycles. The van der Waals surface area contributed by atoms with Crippen molar-refractivity contribution in [1.82, 2.24) is 20.1 Å². The number of nitrogens with one attached hydrogen (secondary N) is 3. The van der Waals surface area contributed by atoms with Gasteiger partial charge in [0.1, 0.15) is 5.82 Å². The van der Waals surface area contributed by atoms with Crippen molar-refractivity contribution in [2.45, 2.75) is 0 Å². The molecular formula is C16H18N6O. The predicted octanol–water partition coefficient (Wildman–Crippen LogP) is 2.20. The van der Waals surface area contributed by atoms with Crippen LogP contribution in [0.4, 0.5) is 16.4 Å². The van der Waals surface area contributed by atoms with Crippen LogP contribution in [0.5, 0.6) is 0 Å². The van der Waals surface area contributed by atoms with Gasteiger partial charge in [0.25, 0.3) is 0 Å². The molecule has 0 aliphatic carbocycles. The third-order valence-electron chi connectivity index (χ3n) is 3.27. The number of hydrogen-bond acceptors (Lipinski definition) is 4. The Labute approximate surface area is 133 Å². The van der Waals surface area contributed by atoms with Gasteiger partial charge >= 0.3 is 6.03 Å². The highest BCUT2D eigenvalue weighted by atomic mass is 16.2. The average Bonchev–Trinajstić information content (AvgIpc) is 2.96. The van der Waals surface area contributed by atoms with Crippen molar-refractivity contribution in [2.75, 3.05) is 23.7 Å². The molecule has 0 bridgehead atoms. The molecule has 2 aromatic heterocycles. The van der Waals surface area contributed by atoms with E-state index in [-0.39, 0.29) is 6.03 Å². The smallest absolute Gasteiger partial charge is 0.320 e. The lowest BCUT2D eigenvalue weighted by Gasteiger charge is -2.08. The molecule has 2 heterocycles. The highest BCUT2D eigenvalue weighted by Crippen LogP contribution is 2.14. The number of rotatable bonds is 5. The summed E-state index contributed by atoms with van der Waals surface area (Å²) in [5.41, 5.74) is 0.943. The summed E-state index contributed by atoms with van der Waals surface area (Å²) in [6, 6.07) is 13.3. The third kappa shape index (κ3) is 3.97. The van der Waals surface area contributed by atoms with Crippen molar-refractivity contribution in [3.8, 4) is 0 Å². The number of para-hydroxylation sites is 1. The lowest BCUT2D eigenvalue weighted by molar-refractivity contribution is 0.252. The van der Waals surface area contributed by atoms with Gasteiger partial charge in [-0.05, 0) is 18.2 Å². The zero-order chi connectivity index (χ0) is 16.1. The summed E-state index contributed by atoms with van der Waals surface area (Å²) in [5.74, 6) is 1.31. The number of hydrogen-bond donors (Lipinski definition) is 3. The van der Waals surface area contributed by atoms with Gasteiger partial charge in [-0.15, -0.1) is 0 Å². The Balaban J connectivity index is 1.44. The molecule has 7 nitrogen and oxygen atoms in total. The van der Waals surface area contributed by atoms with Crippen molar-refractivity contribution in [3.63, 3.8) is 0 Å². The maximum Gasteiger partial charge on any atom is 0.320 e. The van der Waals surface area contributed by atoms with Crippen molar-refractivity contribution in [2.24, 2.45) is 7.05 Å². The Hall–Kier alpha value is -3.09. The van der Waals surface area contributed by atoms with Crippen LogP contribution < -0.4 is 16.0 Å². The molecule has 0 atom stereocenters. The van der Waals surface area contributed by atoms with E-state index in [0.29, 0.717) is 18.9 Å². The summed E-state index contributed by atoms with van der Waals surface area (Å²) in [5, 5.41) is 13.8. The SMILES string of the molecule is Cn1ccc(NC(=O)NCCNc2ccc3ccccc3n2)n1. The minimum atomic E-state index is -0.281. The number of carbonyl (C=O) groups excluding carboxylic acids is 1. The summed E-state index contributed by atoms with van der Waals surface area (Å²) in [7, 11) is 1.80. The van der Waals surface area contributed by atoms with E-state index >= 15 is 0 Å². The van der Waals surface area contributed by atoms with Crippen LogP contribution >= 0.6 is 0 Å². The Morgan fingerprint density at radius 2 is 1.96 bits per heavy atom. The molecule has 0 fully saturated rings. The lowest BCUT2D eigenvalue weighted by atomic mass is 10.2. The van der Waals surface area contributed by atoms with Crippen molar-refractivity contribution < 1.29 is 4.79 Å². The molecule has 3 rings (SSSR count). The second-order valence-electron chi connectivity index (χ2n) is 5.07. The molecule has 3 N–H and O–H groups in total. The fourth-order valence-electron chi connectivity index (χ4n) is 2.17. The van der Waals surface area contributed by atoms with E-state index in [9.17, 15) is 4.79 Å². The molecule has 118 valence electrons. The third-order valence-corrected chi connectivity index (χ3v) is 3.27. The fraction of sp³-hybridized carbons (Fsp3) is 0.188. The van der Waals surface area contributed by atoms with Gasteiger partial charge in [0.05, 0.1) is 5.52 Å². The number of carbonyl (C=O) groups is 1. The van der Waals surface area contributed by atoms with Crippen LogP contribution in [0.2, 0.25) is 0 Å². The van der Waals surface area contributed by atoms with Crippen molar-refractivity contribution in [1.29, 1.82) is 0 Å². The topological polar surface area (TPSA) is 83.9 Å². The molecule has 0 aliphatic rings. The maximum absolute atomic E-state index is 11.7. The molecule has 1 aromatic carbocycles. The second kappa shape index (κ2) is 6.78. The average molecular weight is 310 g/mol. The van der Waals surface area contributed by atoms with Crippen LogP contribution in [0.25, 0.3) is 10.9 Å². The number of nitrogens with zero attached hydrogens (tertiary/aromatic N) is 3. The van der Waals surface area contributed by atoms with E-state index in [1.165, 1.54) is 0 Å². The molecule has 3 aromatic rings. The van der Waals surface area contributed by atoms with Crippen LogP contribution in [-0.2, 0) is 7.05 Å². The number of pyridine rings is 1. The lowest BCUT2D eigenvalue weighted by Crippen LogP contribution is -2.32. The first-order valence-electron chi connectivity index (χ1n) is 7.35. The largest absolute Gasteiger partial charge is 0.368 e. The number of aryl methyl sites for hydroxylation is 1. The number of fused-ring (bicyclic) bond motifs is 1. The van der Waals surface area contributed by atoms with Gasteiger partial charge in [-0.2, -0.15) is 5.10 Å². The minimum absolute atomic E-state index is 0.281. The van der Waals surface area contributed by atoms with Crippen molar-refractivity contribution >= 4 is 28.6 Å². The first-order valence-corrected chi connectivity index (χ1v) is 7.35. The highest BCUT2D eigenvalue weighted by molar-refractivity contribution is 5.88. The Morgan fingerprint density at radius 3 is 2.78 bits per heavy atom. The quantitative estimate of drug-likeness (QED) is 0.631. The molecule has 23 heavy (non-hydrogen) atoms. The Morgan fingerprint density at radius 1 is 1.09 bits per heavy atom. The number of urea groups is 1. The number of amides is 2. The van der Waals surface area contributed by atoms with Gasteiger partial charge in [-0.3, -0.25) is 10.00 Å². The minimum Gasteiger partial charge on any atom is -0.368 e. The number of anilines is 2. The van der Waals surface area contributed by atoms with E-state index in [4.69, 9.17) is 0 Å². The van der Waals surface area contributed by atoms with Crippen LogP contribution in [-0.4, -0.2) is 33.9 Å². The Bertz CT molecular complexity index is 813. The molecule has 7 heteroatoms. The molecule has 0 saturated carbocycles. The van der Waals surface area contributed by atoms with Gasteiger partial charge in [0.15, 0.2) is 5.82 Å². The van der Waals surface area contributed by atoms with E-state index in [1.807, 2.05) is 36.4 Å². The monoisotopic (exact) mass is 310 g/mol. The molecule has 0 aliphatic heterocycles. The normalized spacial score (nSPS) is 10.5. The van der Waals surface area contributed by atoms with Gasteiger partial charge in [0, 0.05) is 37.8 Å². The van der Waals surface area contributed by atoms with E-state index in [2.05, 4.69) is 26.0 Å². The predicted molar refractivity (Wildman–Crippen MR) is 90.5 cm³/mol. The summed E-state index contributed by atoms with van der Waals surface area (Å²) in [6.45, 7) is 1.06. The second-order valence-corrected chi connectivity index (χ2v) is 5.07. The molecule has 0 unspecified atom stereocenters. The summed E-state index contributed by atoms with van der Waals surface area (Å²) >= 11 is 0. The van der Waals surface area contributed by atoms with E-state index in [0.717, 1.165) is 16.7 Å². The molecular weight excluding hydrogens is 292 g/mol. The van der Waals surface area contributed by atoms with Crippen molar-refractivity contribution in [3.05, 3.63) is 48.7 Å². The summed E-state index contributed by atoms with van der Waals surface area (Å²) in [4.78, 5) is 16.2. The van der Waals surface area contributed by atoms with E-state index < -0.39 is 0 Å². The van der Waals surface area contributed by atoms with Crippen LogP contribution in [0.3, 0.4) is 0 Å². The maximum atomic E-state index is 11.7. The Kier molecular flexibility index (Phi) is 4.37. The number of aromatic nitrogens is 3. The molecule has 2 amide bonds. The van der Waals surface area contributed by atoms with Gasteiger partial charge in [-0.1, -0.05) is 18.2 Å². The van der Waals surface area contributed by atoms with Gasteiger partial charge in [-0.25, -0.2) is 9.78 Å². The summed E-state index contributed by atoms with van der Waals surface area (Å²) in [6.07, 6.45) is 1.77. The van der Waals surface area contributed by atoms with Crippen LogP contribution in [0.1, 0.15) is 0 Å². The highest BCUT2D eigenvalue weighted by Gasteiger charge is 2.03. The van der Waals surface area contributed by atoms with Gasteiger partial charge < -0.3 is 10.6 Å². The number of benzene rings is 1. The molecule has 0 spiro atoms. The first-order chi connectivity index (χ1) is 11.2. The zero-order valence-electron chi connectivity index (χ0n) is 12.8.